The summed E-state index contributed by atoms with van der Waals surface area (Å²) >= 11 is 18.2. The minimum Gasteiger partial charge on any atom is -0.450 e. The predicted molar refractivity (Wildman–Crippen MR) is 155 cm³/mol. The number of amides is 2. The zero-order valence-corrected chi connectivity index (χ0v) is 25.4. The summed E-state index contributed by atoms with van der Waals surface area (Å²) in [6.45, 7) is 2.56. The third-order valence-corrected chi connectivity index (χ3v) is 10.7. The lowest BCUT2D eigenvalue weighted by Crippen LogP contribution is -2.57. The lowest BCUT2D eigenvalue weighted by Gasteiger charge is -2.38. The third kappa shape index (κ3) is 7.27. The average molecular weight is 643 g/mol. The molecule has 1 saturated heterocycles. The number of carbonyl (C=O) groups is 2. The number of piperidine rings is 1. The summed E-state index contributed by atoms with van der Waals surface area (Å²) in [6, 6.07) is 13.4. The number of rotatable bonds is 8. The molecule has 2 amide bonds. The number of nitriles is 1. The number of sulfone groups is 1. The van der Waals surface area contributed by atoms with Gasteiger partial charge in [0.05, 0.1) is 46.5 Å². The molecule has 0 unspecified atom stereocenters. The minimum absolute atomic E-state index is 0.000766. The van der Waals surface area contributed by atoms with Crippen LogP contribution in [0.1, 0.15) is 38.2 Å². The van der Waals surface area contributed by atoms with E-state index in [1.54, 1.807) is 31.2 Å². The molecule has 0 aromatic heterocycles. The summed E-state index contributed by atoms with van der Waals surface area (Å²) in [6.07, 6.45) is -0.756. The van der Waals surface area contributed by atoms with Gasteiger partial charge in [0.25, 0.3) is 0 Å². The van der Waals surface area contributed by atoms with E-state index in [9.17, 15) is 23.3 Å². The first kappa shape index (κ1) is 31.4. The van der Waals surface area contributed by atoms with Crippen molar-refractivity contribution in [3.8, 4) is 6.07 Å². The van der Waals surface area contributed by atoms with Gasteiger partial charge in [-0.2, -0.15) is 5.26 Å². The number of carbonyl (C=O) groups excluding carboxylic acids is 2. The van der Waals surface area contributed by atoms with Crippen LogP contribution in [0.4, 0.5) is 4.79 Å². The smallest absolute Gasteiger partial charge is 0.409 e. The predicted octanol–water partition coefficient (Wildman–Crippen LogP) is 5.42. The highest BCUT2D eigenvalue weighted by molar-refractivity contribution is 7.92. The molecular weight excluding hydrogens is 613 g/mol. The van der Waals surface area contributed by atoms with Crippen molar-refractivity contribution in [3.63, 3.8) is 0 Å². The van der Waals surface area contributed by atoms with E-state index in [0.717, 1.165) is 5.56 Å². The fourth-order valence-corrected chi connectivity index (χ4v) is 7.92. The average Bonchev–Trinajstić information content (AvgIpc) is 3.38. The van der Waals surface area contributed by atoms with Crippen molar-refractivity contribution in [2.45, 2.75) is 61.0 Å². The summed E-state index contributed by atoms with van der Waals surface area (Å²) < 4.78 is 38.4. The second-order valence-electron chi connectivity index (χ2n) is 10.2. The van der Waals surface area contributed by atoms with Crippen molar-refractivity contribution in [1.29, 1.82) is 5.26 Å². The molecule has 4 rings (SSSR count). The molecule has 1 aliphatic heterocycles. The number of benzene rings is 2. The van der Waals surface area contributed by atoms with E-state index < -0.39 is 44.6 Å². The number of hydrogen-bond donors (Lipinski definition) is 1. The van der Waals surface area contributed by atoms with Gasteiger partial charge in [-0.1, -0.05) is 46.9 Å². The largest absolute Gasteiger partial charge is 0.450 e. The number of likely N-dealkylation sites (tertiary alicyclic amines) is 1. The van der Waals surface area contributed by atoms with Gasteiger partial charge in [-0.25, -0.2) is 13.2 Å². The molecule has 0 bridgehead atoms. The first-order chi connectivity index (χ1) is 19.5. The molecule has 0 spiro atoms. The highest BCUT2D eigenvalue weighted by atomic mass is 35.5. The Kier molecular flexibility index (Phi) is 10.1. The third-order valence-electron chi connectivity index (χ3n) is 7.53. The van der Waals surface area contributed by atoms with Crippen LogP contribution in [0.5, 0.6) is 0 Å². The van der Waals surface area contributed by atoms with E-state index in [1.165, 1.54) is 23.1 Å². The molecule has 9 nitrogen and oxygen atoms in total. The van der Waals surface area contributed by atoms with E-state index >= 15 is 0 Å². The molecule has 13 heteroatoms. The Bertz CT molecular complexity index is 1420. The molecule has 1 N–H and O–H groups in total. The highest BCUT2D eigenvalue weighted by Crippen LogP contribution is 2.39. The second kappa shape index (κ2) is 13.2. The molecule has 220 valence electrons. The quantitative estimate of drug-likeness (QED) is 0.408. The Morgan fingerprint density at radius 2 is 1.73 bits per heavy atom. The number of halogens is 3. The fraction of sp³-hybridized carbons (Fsp3) is 0.464. The van der Waals surface area contributed by atoms with Crippen molar-refractivity contribution in [2.75, 3.05) is 19.7 Å². The maximum absolute atomic E-state index is 13.7. The van der Waals surface area contributed by atoms with Gasteiger partial charge in [0.1, 0.15) is 5.54 Å². The van der Waals surface area contributed by atoms with Crippen molar-refractivity contribution >= 4 is 56.6 Å². The molecule has 1 heterocycles. The standard InChI is InChI=1S/C28H30Cl3N3O6S/c1-2-39-27(36)34-11-9-28(17-32,10-12-34)33-26(35)22-14-21(41(37,38)25-8-7-20(30)13-23(25)31)15-24(22)40-16-18-3-5-19(29)6-4-18/h3-8,13,21-22,24H,2,9-12,14-16H2,1H3,(H,33,35)/t21-,22-,24-/m1/s1. The molecule has 2 aliphatic rings. The molecule has 2 aromatic carbocycles. The Hall–Kier alpha value is -2.55. The van der Waals surface area contributed by atoms with Gasteiger partial charge >= 0.3 is 6.09 Å². The maximum Gasteiger partial charge on any atom is 0.409 e. The van der Waals surface area contributed by atoms with Crippen LogP contribution in [-0.2, 0) is 30.7 Å². The summed E-state index contributed by atoms with van der Waals surface area (Å²) in [5.41, 5.74) is -0.405. The van der Waals surface area contributed by atoms with Gasteiger partial charge in [0, 0.05) is 36.0 Å². The molecule has 2 aromatic rings. The van der Waals surface area contributed by atoms with E-state index in [0.29, 0.717) is 10.0 Å². The van der Waals surface area contributed by atoms with Crippen molar-refractivity contribution in [1.82, 2.24) is 10.2 Å². The monoisotopic (exact) mass is 641 g/mol. The second-order valence-corrected chi connectivity index (χ2v) is 13.6. The topological polar surface area (TPSA) is 126 Å². The number of nitrogens with one attached hydrogen (secondary N) is 1. The number of hydrogen-bond acceptors (Lipinski definition) is 7. The van der Waals surface area contributed by atoms with Gasteiger partial charge in [-0.3, -0.25) is 4.79 Å². The Morgan fingerprint density at radius 3 is 2.34 bits per heavy atom. The van der Waals surface area contributed by atoms with Crippen LogP contribution < -0.4 is 5.32 Å². The maximum atomic E-state index is 13.7. The normalized spacial score (nSPS) is 22.1. The summed E-state index contributed by atoms with van der Waals surface area (Å²) in [4.78, 5) is 27.2. The Labute approximate surface area is 254 Å². The molecular formula is C28H30Cl3N3O6S. The van der Waals surface area contributed by atoms with Crippen molar-refractivity contribution in [2.24, 2.45) is 5.92 Å². The highest BCUT2D eigenvalue weighted by Gasteiger charge is 2.48. The molecule has 1 aliphatic carbocycles. The van der Waals surface area contributed by atoms with Crippen LogP contribution in [0.2, 0.25) is 15.1 Å². The van der Waals surface area contributed by atoms with Crippen LogP contribution in [0.3, 0.4) is 0 Å². The zero-order chi connectivity index (χ0) is 29.8. The van der Waals surface area contributed by atoms with E-state index in [4.69, 9.17) is 44.3 Å². The summed E-state index contributed by atoms with van der Waals surface area (Å²) in [5, 5.41) is 12.8. The zero-order valence-electron chi connectivity index (χ0n) is 22.3. The van der Waals surface area contributed by atoms with E-state index in [-0.39, 0.29) is 61.9 Å². The molecule has 1 saturated carbocycles. The van der Waals surface area contributed by atoms with E-state index in [1.807, 2.05) is 0 Å². The van der Waals surface area contributed by atoms with Gasteiger partial charge < -0.3 is 19.7 Å². The number of ether oxygens (including phenoxy) is 2. The molecule has 2 fully saturated rings. The van der Waals surface area contributed by atoms with Gasteiger partial charge in [0.2, 0.25) is 5.91 Å². The summed E-state index contributed by atoms with van der Waals surface area (Å²) in [5.74, 6) is -1.32. The molecule has 0 radical (unpaired) electrons. The Morgan fingerprint density at radius 1 is 1.07 bits per heavy atom. The first-order valence-corrected chi connectivity index (χ1v) is 15.9. The van der Waals surface area contributed by atoms with Gasteiger partial charge in [-0.15, -0.1) is 0 Å². The Balaban J connectivity index is 1.53. The van der Waals surface area contributed by atoms with E-state index in [2.05, 4.69) is 11.4 Å². The molecule has 41 heavy (non-hydrogen) atoms. The first-order valence-electron chi connectivity index (χ1n) is 13.2. The van der Waals surface area contributed by atoms with Crippen LogP contribution >= 0.6 is 34.8 Å². The fourth-order valence-electron chi connectivity index (χ4n) is 5.22. The lowest BCUT2D eigenvalue weighted by molar-refractivity contribution is -0.131. The lowest BCUT2D eigenvalue weighted by atomic mass is 9.88. The van der Waals surface area contributed by atoms with Crippen molar-refractivity contribution in [3.05, 3.63) is 63.1 Å². The minimum atomic E-state index is -3.94. The van der Waals surface area contributed by atoms with Crippen LogP contribution in [0.15, 0.2) is 47.4 Å². The molecule has 3 atom stereocenters. The number of nitrogens with zero attached hydrogens (tertiary/aromatic N) is 2. The van der Waals surface area contributed by atoms with Gasteiger partial charge in [0.15, 0.2) is 9.84 Å². The van der Waals surface area contributed by atoms with Crippen LogP contribution in [-0.4, -0.2) is 61.9 Å². The van der Waals surface area contributed by atoms with Crippen LogP contribution in [0.25, 0.3) is 0 Å². The van der Waals surface area contributed by atoms with Gasteiger partial charge in [-0.05, 0) is 55.7 Å². The summed E-state index contributed by atoms with van der Waals surface area (Å²) in [7, 11) is -3.94. The SMILES string of the molecule is CCOC(=O)N1CCC(C#N)(NC(=O)[C@@H]2C[C@@H](S(=O)(=O)c3ccc(Cl)cc3Cl)C[C@H]2OCc2ccc(Cl)cc2)CC1. The van der Waals surface area contributed by atoms with Crippen molar-refractivity contribution < 1.29 is 27.5 Å². The van der Waals surface area contributed by atoms with Crippen LogP contribution in [0, 0.1) is 17.2 Å².